The van der Waals surface area contributed by atoms with Gasteiger partial charge in [0.25, 0.3) is 0 Å². The van der Waals surface area contributed by atoms with Crippen molar-refractivity contribution in [2.45, 2.75) is 20.0 Å². The lowest BCUT2D eigenvalue weighted by Crippen LogP contribution is -2.28. The molecule has 0 saturated heterocycles. The predicted octanol–water partition coefficient (Wildman–Crippen LogP) is 2.19. The van der Waals surface area contributed by atoms with Crippen LogP contribution in [0.15, 0.2) is 36.9 Å². The smallest absolute Gasteiger partial charge is 0.238 e. The zero-order valence-corrected chi connectivity index (χ0v) is 10.9. The summed E-state index contributed by atoms with van der Waals surface area (Å²) in [6.07, 6.45) is 1.78. The maximum absolute atomic E-state index is 11.7. The monoisotopic (exact) mass is 248 g/mol. The molecule has 0 radical (unpaired) electrons. The highest BCUT2D eigenvalue weighted by atomic mass is 16.5. The molecule has 0 aliphatic rings. The highest BCUT2D eigenvalue weighted by Crippen LogP contribution is 2.24. The van der Waals surface area contributed by atoms with E-state index in [-0.39, 0.29) is 18.6 Å². The van der Waals surface area contributed by atoms with Gasteiger partial charge in [0.15, 0.2) is 0 Å². The molecule has 0 aliphatic heterocycles. The molecule has 1 aromatic rings. The summed E-state index contributed by atoms with van der Waals surface area (Å²) in [5, 5.41) is 5.76. The first-order valence-electron chi connectivity index (χ1n) is 6.00. The van der Waals surface area contributed by atoms with Crippen molar-refractivity contribution >= 4 is 11.6 Å². The van der Waals surface area contributed by atoms with E-state index in [9.17, 15) is 4.79 Å². The lowest BCUT2D eigenvalue weighted by Gasteiger charge is -2.14. The van der Waals surface area contributed by atoms with Crippen molar-refractivity contribution in [1.29, 1.82) is 0 Å². The van der Waals surface area contributed by atoms with E-state index in [1.807, 2.05) is 38.1 Å². The summed E-state index contributed by atoms with van der Waals surface area (Å²) in [6.45, 7) is 8.33. The molecule has 4 nitrogen and oxygen atoms in total. The van der Waals surface area contributed by atoms with Crippen molar-refractivity contribution in [2.24, 2.45) is 0 Å². The minimum absolute atomic E-state index is 0.0712. The molecular weight excluding hydrogens is 228 g/mol. The van der Waals surface area contributed by atoms with Crippen LogP contribution in [0.5, 0.6) is 5.75 Å². The molecule has 0 bridgehead atoms. The molecule has 18 heavy (non-hydrogen) atoms. The first-order chi connectivity index (χ1) is 8.63. The fourth-order valence-corrected chi connectivity index (χ4v) is 1.41. The van der Waals surface area contributed by atoms with Gasteiger partial charge in [-0.1, -0.05) is 18.2 Å². The minimum atomic E-state index is -0.100. The topological polar surface area (TPSA) is 50.4 Å². The van der Waals surface area contributed by atoms with Crippen molar-refractivity contribution in [2.75, 3.05) is 18.4 Å². The van der Waals surface area contributed by atoms with E-state index in [1.54, 1.807) is 6.08 Å². The second-order valence-corrected chi connectivity index (χ2v) is 4.13. The van der Waals surface area contributed by atoms with E-state index < -0.39 is 0 Å². The molecule has 1 amide bonds. The van der Waals surface area contributed by atoms with E-state index in [2.05, 4.69) is 17.2 Å². The van der Waals surface area contributed by atoms with Crippen LogP contribution in [0.25, 0.3) is 0 Å². The number of hydrogen-bond donors (Lipinski definition) is 2. The molecule has 0 aromatic heterocycles. The fourth-order valence-electron chi connectivity index (χ4n) is 1.41. The van der Waals surface area contributed by atoms with Gasteiger partial charge >= 0.3 is 0 Å². The molecule has 0 spiro atoms. The van der Waals surface area contributed by atoms with Gasteiger partial charge in [0.05, 0.1) is 18.3 Å². The summed E-state index contributed by atoms with van der Waals surface area (Å²) in [5.41, 5.74) is 0.691. The molecule has 0 heterocycles. The number of hydrogen-bond acceptors (Lipinski definition) is 3. The second kappa shape index (κ2) is 7.50. The largest absolute Gasteiger partial charge is 0.489 e. The first-order valence-corrected chi connectivity index (χ1v) is 6.00. The summed E-state index contributed by atoms with van der Waals surface area (Å²) < 4.78 is 5.62. The Kier molecular flexibility index (Phi) is 5.94. The normalized spacial score (nSPS) is 10.2. The van der Waals surface area contributed by atoms with E-state index >= 15 is 0 Å². The van der Waals surface area contributed by atoms with Gasteiger partial charge in [0, 0.05) is 6.54 Å². The number of nitrogens with one attached hydrogen (secondary N) is 2. The lowest BCUT2D eigenvalue weighted by molar-refractivity contribution is -0.115. The molecule has 4 heteroatoms. The average molecular weight is 248 g/mol. The van der Waals surface area contributed by atoms with Gasteiger partial charge in [0.2, 0.25) is 5.91 Å². The third kappa shape index (κ3) is 5.01. The Balaban J connectivity index is 2.60. The molecule has 0 saturated carbocycles. The van der Waals surface area contributed by atoms with Crippen molar-refractivity contribution in [3.05, 3.63) is 36.9 Å². The van der Waals surface area contributed by atoms with Crippen molar-refractivity contribution in [3.8, 4) is 5.75 Å². The summed E-state index contributed by atoms with van der Waals surface area (Å²) in [6, 6.07) is 7.40. The molecule has 1 rings (SSSR count). The Morgan fingerprint density at radius 3 is 2.83 bits per heavy atom. The van der Waals surface area contributed by atoms with E-state index in [0.717, 1.165) is 0 Å². The van der Waals surface area contributed by atoms with E-state index in [4.69, 9.17) is 4.74 Å². The number of benzene rings is 1. The Morgan fingerprint density at radius 1 is 1.44 bits per heavy atom. The highest BCUT2D eigenvalue weighted by Gasteiger charge is 2.07. The highest BCUT2D eigenvalue weighted by molar-refractivity contribution is 5.93. The van der Waals surface area contributed by atoms with Gasteiger partial charge in [0.1, 0.15) is 5.75 Å². The number of anilines is 1. The first kappa shape index (κ1) is 14.3. The maximum atomic E-state index is 11.7. The van der Waals surface area contributed by atoms with Gasteiger partial charge < -0.3 is 15.4 Å². The molecule has 0 fully saturated rings. The summed E-state index contributed by atoms with van der Waals surface area (Å²) in [7, 11) is 0. The van der Waals surface area contributed by atoms with Crippen LogP contribution in [-0.2, 0) is 4.79 Å². The summed E-state index contributed by atoms with van der Waals surface area (Å²) >= 11 is 0. The fraction of sp³-hybridized carbons (Fsp3) is 0.357. The molecule has 0 aliphatic carbocycles. The van der Waals surface area contributed by atoms with Crippen LogP contribution in [0.2, 0.25) is 0 Å². The van der Waals surface area contributed by atoms with Crippen molar-refractivity contribution in [1.82, 2.24) is 5.32 Å². The Bertz CT molecular complexity index is 403. The van der Waals surface area contributed by atoms with Crippen LogP contribution in [0.3, 0.4) is 0 Å². The molecule has 2 N–H and O–H groups in total. The standard InChI is InChI=1S/C14H20N2O2/c1-4-9-15-10-14(17)16-12-7-5-6-8-13(12)18-11(2)3/h4-8,11,15H,1,9-10H2,2-3H3,(H,16,17). The zero-order chi connectivity index (χ0) is 13.4. The Morgan fingerprint density at radius 2 is 2.17 bits per heavy atom. The number of ether oxygens (including phenoxy) is 1. The lowest BCUT2D eigenvalue weighted by atomic mass is 10.3. The quantitative estimate of drug-likeness (QED) is 0.574. The van der Waals surface area contributed by atoms with Gasteiger partial charge in [-0.2, -0.15) is 0 Å². The molecule has 0 unspecified atom stereocenters. The number of carbonyl (C=O) groups excluding carboxylic acids is 1. The molecule has 1 aromatic carbocycles. The van der Waals surface area contributed by atoms with Crippen molar-refractivity contribution < 1.29 is 9.53 Å². The third-order valence-corrected chi connectivity index (χ3v) is 2.10. The van der Waals surface area contributed by atoms with E-state index in [0.29, 0.717) is 18.0 Å². The van der Waals surface area contributed by atoms with Gasteiger partial charge in [-0.25, -0.2) is 0 Å². The molecule has 98 valence electrons. The minimum Gasteiger partial charge on any atom is -0.489 e. The molecular formula is C14H20N2O2. The third-order valence-electron chi connectivity index (χ3n) is 2.10. The van der Waals surface area contributed by atoms with Gasteiger partial charge in [-0.15, -0.1) is 6.58 Å². The molecule has 0 atom stereocenters. The van der Waals surface area contributed by atoms with Crippen LogP contribution < -0.4 is 15.4 Å². The summed E-state index contributed by atoms with van der Waals surface area (Å²) in [4.78, 5) is 11.7. The number of rotatable bonds is 7. The Labute approximate surface area is 108 Å². The van der Waals surface area contributed by atoms with Crippen LogP contribution >= 0.6 is 0 Å². The van der Waals surface area contributed by atoms with Crippen LogP contribution in [0, 0.1) is 0 Å². The van der Waals surface area contributed by atoms with Crippen molar-refractivity contribution in [3.63, 3.8) is 0 Å². The van der Waals surface area contributed by atoms with Crippen LogP contribution in [0.4, 0.5) is 5.69 Å². The second-order valence-electron chi connectivity index (χ2n) is 4.13. The van der Waals surface area contributed by atoms with Crippen LogP contribution in [-0.4, -0.2) is 25.1 Å². The summed E-state index contributed by atoms with van der Waals surface area (Å²) in [5.74, 6) is 0.584. The number of carbonyl (C=O) groups is 1. The van der Waals surface area contributed by atoms with E-state index in [1.165, 1.54) is 0 Å². The zero-order valence-electron chi connectivity index (χ0n) is 10.9. The maximum Gasteiger partial charge on any atom is 0.238 e. The predicted molar refractivity (Wildman–Crippen MR) is 73.9 cm³/mol. The SMILES string of the molecule is C=CCNCC(=O)Nc1ccccc1OC(C)C. The average Bonchev–Trinajstić information content (AvgIpc) is 2.31. The Hall–Kier alpha value is -1.81. The van der Waals surface area contributed by atoms with Gasteiger partial charge in [-0.05, 0) is 26.0 Å². The number of amides is 1. The number of para-hydroxylation sites is 2. The van der Waals surface area contributed by atoms with Crippen LogP contribution in [0.1, 0.15) is 13.8 Å². The van der Waals surface area contributed by atoms with Gasteiger partial charge in [-0.3, -0.25) is 4.79 Å².